The Morgan fingerprint density at radius 3 is 2.67 bits per heavy atom. The number of sulfone groups is 1. The van der Waals surface area contributed by atoms with Gasteiger partial charge in [0.05, 0.1) is 4.90 Å². The Kier molecular flexibility index (Phi) is 3.87. The van der Waals surface area contributed by atoms with Gasteiger partial charge in [-0.05, 0) is 12.1 Å². The molecule has 1 aromatic rings. The molecule has 0 unspecified atom stereocenters. The van der Waals surface area contributed by atoms with Crippen molar-refractivity contribution in [3.8, 4) is 0 Å². The van der Waals surface area contributed by atoms with Crippen molar-refractivity contribution in [2.24, 2.45) is 0 Å². The minimum Gasteiger partial charge on any atom is -0.365 e. The van der Waals surface area contributed by atoms with Crippen LogP contribution in [0.25, 0.3) is 0 Å². The summed E-state index contributed by atoms with van der Waals surface area (Å²) in [5.41, 5.74) is 0. The summed E-state index contributed by atoms with van der Waals surface area (Å²) in [5.74, 6) is 0.614. The van der Waals surface area contributed by atoms with E-state index in [1.54, 1.807) is 6.07 Å². The highest BCUT2D eigenvalue weighted by Crippen LogP contribution is 2.11. The van der Waals surface area contributed by atoms with E-state index in [1.165, 1.54) is 12.3 Å². The van der Waals surface area contributed by atoms with Crippen molar-refractivity contribution in [1.29, 1.82) is 0 Å². The van der Waals surface area contributed by atoms with Crippen LogP contribution in [0, 0.1) is 0 Å². The van der Waals surface area contributed by atoms with Crippen molar-refractivity contribution in [2.45, 2.75) is 4.90 Å². The van der Waals surface area contributed by atoms with Crippen molar-refractivity contribution in [3.05, 3.63) is 29.4 Å². The molecular formula is C9H11BrN2O2S. The highest BCUT2D eigenvalue weighted by atomic mass is 79.9. The zero-order valence-electron chi connectivity index (χ0n) is 8.20. The minimum absolute atomic E-state index is 0.214. The lowest BCUT2D eigenvalue weighted by atomic mass is 10.4. The fourth-order valence-corrected chi connectivity index (χ4v) is 1.59. The van der Waals surface area contributed by atoms with Crippen molar-refractivity contribution in [1.82, 2.24) is 4.98 Å². The summed E-state index contributed by atoms with van der Waals surface area (Å²) in [6.45, 7) is 4.20. The van der Waals surface area contributed by atoms with Crippen LogP contribution in [0.15, 0.2) is 34.3 Å². The lowest BCUT2D eigenvalue weighted by Crippen LogP contribution is -2.04. The van der Waals surface area contributed by atoms with Gasteiger partial charge >= 0.3 is 0 Å². The van der Waals surface area contributed by atoms with Gasteiger partial charge in [0.25, 0.3) is 0 Å². The first-order chi connectivity index (χ1) is 6.89. The summed E-state index contributed by atoms with van der Waals surface area (Å²) in [4.78, 5) is 4.18. The van der Waals surface area contributed by atoms with Crippen LogP contribution in [0.3, 0.4) is 0 Å². The fraction of sp³-hybridized carbons (Fsp3) is 0.222. The Balaban J connectivity index is 2.77. The maximum atomic E-state index is 11.1. The van der Waals surface area contributed by atoms with Crippen LogP contribution < -0.4 is 5.32 Å². The molecule has 82 valence electrons. The molecule has 0 aliphatic carbocycles. The highest BCUT2D eigenvalue weighted by Gasteiger charge is 2.06. The average molecular weight is 291 g/mol. The number of rotatable bonds is 4. The molecule has 4 nitrogen and oxygen atoms in total. The molecule has 1 aromatic heterocycles. The van der Waals surface area contributed by atoms with Crippen LogP contribution in [0.2, 0.25) is 0 Å². The normalized spacial score (nSPS) is 11.1. The third-order valence-electron chi connectivity index (χ3n) is 1.63. The Morgan fingerprint density at radius 1 is 1.60 bits per heavy atom. The molecule has 1 heterocycles. The van der Waals surface area contributed by atoms with E-state index >= 15 is 0 Å². The van der Waals surface area contributed by atoms with Gasteiger partial charge in [0.2, 0.25) is 0 Å². The molecule has 0 aliphatic heterocycles. The maximum Gasteiger partial charge on any atom is 0.177 e. The van der Waals surface area contributed by atoms with Gasteiger partial charge in [-0.1, -0.05) is 22.5 Å². The molecule has 0 spiro atoms. The van der Waals surface area contributed by atoms with Crippen LogP contribution in [0.5, 0.6) is 0 Å². The van der Waals surface area contributed by atoms with Gasteiger partial charge in [0.1, 0.15) is 5.82 Å². The Hall–Kier alpha value is -0.880. The van der Waals surface area contributed by atoms with Gasteiger partial charge in [-0.25, -0.2) is 13.4 Å². The van der Waals surface area contributed by atoms with Crippen molar-refractivity contribution in [3.63, 3.8) is 0 Å². The van der Waals surface area contributed by atoms with Crippen molar-refractivity contribution in [2.75, 3.05) is 18.1 Å². The molecule has 0 fully saturated rings. The number of nitrogens with zero attached hydrogens (tertiary/aromatic N) is 1. The molecule has 15 heavy (non-hydrogen) atoms. The molecule has 1 rings (SSSR count). The highest BCUT2D eigenvalue weighted by molar-refractivity contribution is 9.11. The standard InChI is InChI=1S/C9H11BrN2O2S/c1-7(10)5-11-9-4-3-8(6-12-9)15(2,13)14/h3-4,6H,1,5H2,2H3,(H,11,12). The Labute approximate surface area is 97.5 Å². The molecule has 0 aliphatic rings. The number of anilines is 1. The number of nitrogens with one attached hydrogen (secondary N) is 1. The topological polar surface area (TPSA) is 59.1 Å². The van der Waals surface area contributed by atoms with E-state index in [-0.39, 0.29) is 4.90 Å². The largest absolute Gasteiger partial charge is 0.365 e. The lowest BCUT2D eigenvalue weighted by Gasteiger charge is -2.04. The predicted octanol–water partition coefficient (Wildman–Crippen LogP) is 1.81. The third-order valence-corrected chi connectivity index (χ3v) is 3.00. The van der Waals surface area contributed by atoms with E-state index in [9.17, 15) is 8.42 Å². The maximum absolute atomic E-state index is 11.1. The number of hydrogen-bond donors (Lipinski definition) is 1. The SMILES string of the molecule is C=C(Br)CNc1ccc(S(C)(=O)=O)cn1. The van der Waals surface area contributed by atoms with Crippen LogP contribution in [-0.4, -0.2) is 26.2 Å². The predicted molar refractivity (Wildman–Crippen MR) is 63.9 cm³/mol. The molecule has 0 atom stereocenters. The fourth-order valence-electron chi connectivity index (χ4n) is 0.891. The lowest BCUT2D eigenvalue weighted by molar-refractivity contribution is 0.601. The third kappa shape index (κ3) is 4.01. The molecule has 6 heteroatoms. The average Bonchev–Trinajstić information content (AvgIpc) is 2.14. The second kappa shape index (κ2) is 4.76. The van der Waals surface area contributed by atoms with Crippen LogP contribution in [-0.2, 0) is 9.84 Å². The quantitative estimate of drug-likeness (QED) is 0.919. The monoisotopic (exact) mass is 290 g/mol. The van der Waals surface area contributed by atoms with Crippen LogP contribution in [0.1, 0.15) is 0 Å². The number of aromatic nitrogens is 1. The van der Waals surface area contributed by atoms with Crippen molar-refractivity contribution < 1.29 is 8.42 Å². The Bertz CT molecular complexity index is 454. The van der Waals surface area contributed by atoms with E-state index in [0.29, 0.717) is 12.4 Å². The van der Waals surface area contributed by atoms with E-state index < -0.39 is 9.84 Å². The molecule has 0 bridgehead atoms. The molecule has 0 aromatic carbocycles. The molecule has 1 N–H and O–H groups in total. The smallest absolute Gasteiger partial charge is 0.177 e. The van der Waals surface area contributed by atoms with E-state index in [0.717, 1.165) is 10.7 Å². The zero-order valence-corrected chi connectivity index (χ0v) is 10.6. The number of halogens is 1. The van der Waals surface area contributed by atoms with Gasteiger partial charge in [-0.2, -0.15) is 0 Å². The summed E-state index contributed by atoms with van der Waals surface area (Å²) in [6.07, 6.45) is 2.48. The summed E-state index contributed by atoms with van der Waals surface area (Å²) < 4.78 is 23.1. The number of pyridine rings is 1. The number of hydrogen-bond acceptors (Lipinski definition) is 4. The first-order valence-electron chi connectivity index (χ1n) is 4.13. The molecule has 0 radical (unpaired) electrons. The second-order valence-electron chi connectivity index (χ2n) is 3.02. The van der Waals surface area contributed by atoms with Gasteiger partial charge in [-0.3, -0.25) is 0 Å². The molecule has 0 amide bonds. The Morgan fingerprint density at radius 2 is 2.27 bits per heavy atom. The molecule has 0 saturated heterocycles. The molecule has 0 saturated carbocycles. The summed E-state index contributed by atoms with van der Waals surface area (Å²) in [5, 5.41) is 2.97. The van der Waals surface area contributed by atoms with Gasteiger partial charge < -0.3 is 5.32 Å². The van der Waals surface area contributed by atoms with Crippen LogP contribution >= 0.6 is 15.9 Å². The zero-order chi connectivity index (χ0) is 11.5. The first-order valence-corrected chi connectivity index (χ1v) is 6.81. The van der Waals surface area contributed by atoms with E-state index in [1.807, 2.05) is 0 Å². The van der Waals surface area contributed by atoms with Crippen LogP contribution in [0.4, 0.5) is 5.82 Å². The van der Waals surface area contributed by atoms with Crippen molar-refractivity contribution >= 4 is 31.6 Å². The second-order valence-corrected chi connectivity index (χ2v) is 6.16. The van der Waals surface area contributed by atoms with E-state index in [2.05, 4.69) is 32.8 Å². The van der Waals surface area contributed by atoms with Gasteiger partial charge in [0, 0.05) is 23.5 Å². The summed E-state index contributed by atoms with van der Waals surface area (Å²) in [6, 6.07) is 3.13. The van der Waals surface area contributed by atoms with E-state index in [4.69, 9.17) is 0 Å². The molecular weight excluding hydrogens is 280 g/mol. The minimum atomic E-state index is -3.17. The summed E-state index contributed by atoms with van der Waals surface area (Å²) >= 11 is 3.20. The summed E-state index contributed by atoms with van der Waals surface area (Å²) in [7, 11) is -3.17. The van der Waals surface area contributed by atoms with Gasteiger partial charge in [-0.15, -0.1) is 0 Å². The first kappa shape index (κ1) is 12.2. The van der Waals surface area contributed by atoms with Gasteiger partial charge in [0.15, 0.2) is 9.84 Å².